The quantitative estimate of drug-likeness (QED) is 0.809. The molecule has 150 valence electrons. The van der Waals surface area contributed by atoms with E-state index >= 15 is 0 Å². The van der Waals surface area contributed by atoms with Gasteiger partial charge in [-0.05, 0) is 34.6 Å². The number of piperazine rings is 1. The van der Waals surface area contributed by atoms with E-state index in [0.29, 0.717) is 13.1 Å². The highest BCUT2D eigenvalue weighted by Crippen LogP contribution is 2.22. The van der Waals surface area contributed by atoms with Gasteiger partial charge in [0.15, 0.2) is 0 Å². The van der Waals surface area contributed by atoms with Crippen LogP contribution in [0.5, 0.6) is 0 Å². The van der Waals surface area contributed by atoms with Gasteiger partial charge in [-0.2, -0.15) is 0 Å². The Labute approximate surface area is 168 Å². The Bertz CT molecular complexity index is 752. The van der Waals surface area contributed by atoms with Crippen LogP contribution in [0, 0.1) is 0 Å². The summed E-state index contributed by atoms with van der Waals surface area (Å²) in [4.78, 5) is 18.9. The second kappa shape index (κ2) is 9.30. The van der Waals surface area contributed by atoms with Gasteiger partial charge in [0, 0.05) is 44.6 Å². The number of aromatic nitrogens is 1. The molecule has 1 saturated heterocycles. The first-order valence-electron chi connectivity index (χ1n) is 10.1. The zero-order valence-corrected chi connectivity index (χ0v) is 17.2. The van der Waals surface area contributed by atoms with Crippen LogP contribution in [0.4, 0.5) is 0 Å². The summed E-state index contributed by atoms with van der Waals surface area (Å²) in [5.41, 5.74) is 3.91. The third-order valence-corrected chi connectivity index (χ3v) is 5.33. The largest absolute Gasteiger partial charge is 0.355 e. The summed E-state index contributed by atoms with van der Waals surface area (Å²) in [6.45, 7) is 10.4. The van der Waals surface area contributed by atoms with E-state index in [0.717, 1.165) is 31.6 Å². The Morgan fingerprint density at radius 2 is 2.04 bits per heavy atom. The topological polar surface area (TPSA) is 57.3 Å². The van der Waals surface area contributed by atoms with Crippen molar-refractivity contribution in [2.75, 3.05) is 32.7 Å². The van der Waals surface area contributed by atoms with Crippen molar-refractivity contribution in [3.63, 3.8) is 0 Å². The lowest BCUT2D eigenvalue weighted by Crippen LogP contribution is -2.49. The van der Waals surface area contributed by atoms with Gasteiger partial charge >= 0.3 is 0 Å². The first-order valence-corrected chi connectivity index (χ1v) is 10.1. The maximum atomic E-state index is 12.5. The highest BCUT2D eigenvalue weighted by atomic mass is 16.2. The zero-order valence-electron chi connectivity index (χ0n) is 17.2. The van der Waals surface area contributed by atoms with Crippen molar-refractivity contribution >= 4 is 5.91 Å². The SMILES string of the molecule is CC(C)(C)c1ccc(CCNC(=O)CN2CCNCC2c2cccnc2)cc1. The van der Waals surface area contributed by atoms with Crippen LogP contribution in [-0.2, 0) is 16.6 Å². The molecule has 5 nitrogen and oxygen atoms in total. The molecule has 2 heterocycles. The number of carbonyl (C=O) groups excluding carboxylic acids is 1. The summed E-state index contributed by atoms with van der Waals surface area (Å²) in [6, 6.07) is 12.9. The smallest absolute Gasteiger partial charge is 0.234 e. The maximum Gasteiger partial charge on any atom is 0.234 e. The fourth-order valence-electron chi connectivity index (χ4n) is 3.60. The third-order valence-electron chi connectivity index (χ3n) is 5.33. The zero-order chi connectivity index (χ0) is 20.0. The van der Waals surface area contributed by atoms with Gasteiger partial charge in [0.2, 0.25) is 5.91 Å². The summed E-state index contributed by atoms with van der Waals surface area (Å²) >= 11 is 0. The van der Waals surface area contributed by atoms with Gasteiger partial charge in [0.1, 0.15) is 0 Å². The van der Waals surface area contributed by atoms with E-state index in [1.807, 2.05) is 12.3 Å². The van der Waals surface area contributed by atoms with Crippen molar-refractivity contribution < 1.29 is 4.79 Å². The molecule has 28 heavy (non-hydrogen) atoms. The van der Waals surface area contributed by atoms with Crippen LogP contribution in [0.25, 0.3) is 0 Å². The lowest BCUT2D eigenvalue weighted by molar-refractivity contribution is -0.123. The van der Waals surface area contributed by atoms with Crippen LogP contribution >= 0.6 is 0 Å². The number of hydrogen-bond donors (Lipinski definition) is 2. The molecule has 5 heteroatoms. The number of pyridine rings is 1. The Morgan fingerprint density at radius 3 is 2.71 bits per heavy atom. The second-order valence-electron chi connectivity index (χ2n) is 8.52. The van der Waals surface area contributed by atoms with E-state index in [2.05, 4.69) is 71.6 Å². The molecule has 0 radical (unpaired) electrons. The summed E-state index contributed by atoms with van der Waals surface area (Å²) in [5.74, 6) is 0.0853. The molecule has 1 unspecified atom stereocenters. The van der Waals surface area contributed by atoms with Crippen LogP contribution < -0.4 is 10.6 Å². The van der Waals surface area contributed by atoms with Gasteiger partial charge in [0.05, 0.1) is 6.54 Å². The summed E-state index contributed by atoms with van der Waals surface area (Å²) in [7, 11) is 0. The molecule has 1 amide bonds. The van der Waals surface area contributed by atoms with Crippen LogP contribution in [0.15, 0.2) is 48.8 Å². The van der Waals surface area contributed by atoms with E-state index < -0.39 is 0 Å². The number of carbonyl (C=O) groups is 1. The number of hydrogen-bond acceptors (Lipinski definition) is 4. The van der Waals surface area contributed by atoms with Crippen LogP contribution in [0.2, 0.25) is 0 Å². The first-order chi connectivity index (χ1) is 13.4. The summed E-state index contributed by atoms with van der Waals surface area (Å²) in [5, 5.41) is 6.49. The molecule has 1 aromatic heterocycles. The predicted octanol–water partition coefficient (Wildman–Crippen LogP) is 2.68. The average Bonchev–Trinajstić information content (AvgIpc) is 2.69. The van der Waals surface area contributed by atoms with Gasteiger partial charge in [0.25, 0.3) is 0 Å². The maximum absolute atomic E-state index is 12.5. The Hall–Kier alpha value is -2.24. The van der Waals surface area contributed by atoms with Crippen molar-refractivity contribution in [1.82, 2.24) is 20.5 Å². The molecular weight excluding hydrogens is 348 g/mol. The van der Waals surface area contributed by atoms with Gasteiger partial charge < -0.3 is 10.6 Å². The van der Waals surface area contributed by atoms with Crippen molar-refractivity contribution in [1.29, 1.82) is 0 Å². The van der Waals surface area contributed by atoms with Gasteiger partial charge in [-0.25, -0.2) is 0 Å². The molecule has 1 aliphatic rings. The Balaban J connectivity index is 1.48. The number of rotatable bonds is 6. The van der Waals surface area contributed by atoms with E-state index in [9.17, 15) is 4.79 Å². The molecule has 0 bridgehead atoms. The Morgan fingerprint density at radius 1 is 1.25 bits per heavy atom. The highest BCUT2D eigenvalue weighted by Gasteiger charge is 2.25. The average molecular weight is 381 g/mol. The minimum atomic E-state index is 0.0853. The lowest BCUT2D eigenvalue weighted by atomic mass is 9.86. The van der Waals surface area contributed by atoms with Crippen LogP contribution in [-0.4, -0.2) is 48.5 Å². The van der Waals surface area contributed by atoms with Crippen molar-refractivity contribution in [2.45, 2.75) is 38.6 Å². The molecule has 1 fully saturated rings. The molecule has 2 N–H and O–H groups in total. The predicted molar refractivity (Wildman–Crippen MR) is 113 cm³/mol. The van der Waals surface area contributed by atoms with Gasteiger partial charge in [-0.1, -0.05) is 51.1 Å². The minimum absolute atomic E-state index is 0.0853. The monoisotopic (exact) mass is 380 g/mol. The van der Waals surface area contributed by atoms with Gasteiger partial charge in [-0.15, -0.1) is 0 Å². The molecule has 1 aromatic carbocycles. The molecule has 0 saturated carbocycles. The van der Waals surface area contributed by atoms with Crippen molar-refractivity contribution in [3.8, 4) is 0 Å². The van der Waals surface area contributed by atoms with E-state index in [-0.39, 0.29) is 17.4 Å². The lowest BCUT2D eigenvalue weighted by Gasteiger charge is -2.35. The summed E-state index contributed by atoms with van der Waals surface area (Å²) < 4.78 is 0. The molecule has 0 spiro atoms. The molecule has 3 rings (SSSR count). The third kappa shape index (κ3) is 5.63. The molecule has 1 aliphatic heterocycles. The second-order valence-corrected chi connectivity index (χ2v) is 8.52. The van der Waals surface area contributed by atoms with E-state index in [4.69, 9.17) is 0 Å². The Kier molecular flexibility index (Phi) is 6.81. The standard InChI is InChI=1S/C23H32N4O/c1-23(2,3)20-8-6-18(7-9-20)10-12-26-22(28)17-27-14-13-25-16-21(27)19-5-4-11-24-15-19/h4-9,11,15,21,25H,10,12-14,16-17H2,1-3H3,(H,26,28). The van der Waals surface area contributed by atoms with Crippen molar-refractivity contribution in [2.24, 2.45) is 0 Å². The fraction of sp³-hybridized carbons (Fsp3) is 0.478. The minimum Gasteiger partial charge on any atom is -0.355 e. The molecule has 0 aliphatic carbocycles. The number of nitrogens with one attached hydrogen (secondary N) is 2. The summed E-state index contributed by atoms with van der Waals surface area (Å²) in [6.07, 6.45) is 4.53. The highest BCUT2D eigenvalue weighted by molar-refractivity contribution is 5.78. The van der Waals surface area contributed by atoms with Crippen LogP contribution in [0.1, 0.15) is 43.5 Å². The van der Waals surface area contributed by atoms with E-state index in [1.54, 1.807) is 6.20 Å². The normalized spacial score (nSPS) is 18.0. The number of amides is 1. The molecular formula is C23H32N4O. The number of benzene rings is 1. The first kappa shape index (κ1) is 20.5. The van der Waals surface area contributed by atoms with Crippen molar-refractivity contribution in [3.05, 3.63) is 65.5 Å². The van der Waals surface area contributed by atoms with Crippen LogP contribution in [0.3, 0.4) is 0 Å². The fourth-order valence-corrected chi connectivity index (χ4v) is 3.60. The molecule has 2 aromatic rings. The number of nitrogens with zero attached hydrogens (tertiary/aromatic N) is 2. The van der Waals surface area contributed by atoms with E-state index in [1.165, 1.54) is 11.1 Å². The van der Waals surface area contributed by atoms with Gasteiger partial charge in [-0.3, -0.25) is 14.7 Å². The molecule has 1 atom stereocenters.